The van der Waals surface area contributed by atoms with Gasteiger partial charge in [-0.15, -0.1) is 0 Å². The van der Waals surface area contributed by atoms with Crippen molar-refractivity contribution in [1.29, 1.82) is 0 Å². The largest absolute Gasteiger partial charge is 0.462 e. The Bertz CT molecular complexity index is 1600. The monoisotopic (exact) mass is 959 g/mol. The minimum Gasteiger partial charge on any atom is -0.462 e. The van der Waals surface area contributed by atoms with Gasteiger partial charge in [0, 0.05) is 12.8 Å². The molecule has 0 radical (unpaired) electrons. The van der Waals surface area contributed by atoms with Crippen molar-refractivity contribution in [2.24, 2.45) is 0 Å². The maximum absolute atomic E-state index is 13.0. The molecule has 0 amide bonds. The number of unbranched alkanes of at least 4 members (excludes halogenated alkanes) is 3. The first kappa shape index (κ1) is 60.3. The summed E-state index contributed by atoms with van der Waals surface area (Å²) < 4.78 is 33.4. The molecule has 2 rings (SSSR count). The standard InChI is InChI=1S/C53H82O15/c1-3-5-7-9-11-13-15-17-19-20-22-23-25-27-29-31-33-35-44(55)63-38-41(66-45(56)36-34-32-30-28-26-24-21-18-16-14-12-10-8-6-4-2)39-64-52-51(62)49(60)47(58)43(68-52)40-65-53-50(61)48(59)46(57)42(37-54)67-53/h5-8,11-14,17-19,21-23,26-29,41-43,46-54,57-62H,3-4,9-10,15-16,20,24-25,30-40H2,1-2H3. The van der Waals surface area contributed by atoms with Gasteiger partial charge in [0.05, 0.1) is 19.8 Å². The highest BCUT2D eigenvalue weighted by atomic mass is 16.7. The second kappa shape index (κ2) is 38.9. The van der Waals surface area contributed by atoms with Crippen molar-refractivity contribution in [2.75, 3.05) is 26.4 Å². The fourth-order valence-corrected chi connectivity index (χ4v) is 6.77. The van der Waals surface area contributed by atoms with E-state index in [1.807, 2.05) is 12.2 Å². The first-order valence-corrected chi connectivity index (χ1v) is 24.5. The van der Waals surface area contributed by atoms with Crippen LogP contribution < -0.4 is 0 Å². The predicted octanol–water partition coefficient (Wildman–Crippen LogP) is 6.37. The Morgan fingerprint density at radius 2 is 0.882 bits per heavy atom. The lowest BCUT2D eigenvalue weighted by Crippen LogP contribution is -2.61. The first-order valence-electron chi connectivity index (χ1n) is 24.5. The van der Waals surface area contributed by atoms with Crippen LogP contribution >= 0.6 is 0 Å². The Morgan fingerprint density at radius 1 is 0.471 bits per heavy atom. The smallest absolute Gasteiger partial charge is 0.306 e. The van der Waals surface area contributed by atoms with Gasteiger partial charge in [-0.2, -0.15) is 0 Å². The number of carbonyl (C=O) groups is 2. The molecule has 7 N–H and O–H groups in total. The van der Waals surface area contributed by atoms with Gasteiger partial charge in [-0.05, 0) is 89.9 Å². The van der Waals surface area contributed by atoms with Crippen molar-refractivity contribution >= 4 is 11.9 Å². The fourth-order valence-electron chi connectivity index (χ4n) is 6.77. The summed E-state index contributed by atoms with van der Waals surface area (Å²) in [6.45, 7) is 2.21. The summed E-state index contributed by atoms with van der Waals surface area (Å²) in [6.07, 6.45) is 32.7. The Balaban J connectivity index is 1.88. The first-order chi connectivity index (χ1) is 33.0. The second-order valence-corrected chi connectivity index (χ2v) is 16.5. The molecule has 2 aliphatic rings. The molecule has 2 aliphatic heterocycles. The van der Waals surface area contributed by atoms with E-state index in [9.17, 15) is 45.3 Å². The Hall–Kier alpha value is -3.84. The quantitative estimate of drug-likeness (QED) is 0.0208. The van der Waals surface area contributed by atoms with Gasteiger partial charge in [-0.3, -0.25) is 9.59 Å². The maximum Gasteiger partial charge on any atom is 0.306 e. The molecule has 15 nitrogen and oxygen atoms in total. The average Bonchev–Trinajstić information content (AvgIpc) is 3.33. The predicted molar refractivity (Wildman–Crippen MR) is 261 cm³/mol. The van der Waals surface area contributed by atoms with Crippen molar-refractivity contribution in [3.63, 3.8) is 0 Å². The van der Waals surface area contributed by atoms with Crippen LogP contribution in [-0.2, 0) is 38.0 Å². The van der Waals surface area contributed by atoms with Crippen LogP contribution in [0, 0.1) is 0 Å². The van der Waals surface area contributed by atoms with Gasteiger partial charge < -0.3 is 64.2 Å². The number of rotatable bonds is 35. The van der Waals surface area contributed by atoms with Crippen LogP contribution in [0.4, 0.5) is 0 Å². The van der Waals surface area contributed by atoms with Crippen LogP contribution in [-0.4, -0.2) is 142 Å². The number of ether oxygens (including phenoxy) is 6. The van der Waals surface area contributed by atoms with E-state index in [1.54, 1.807) is 0 Å². The van der Waals surface area contributed by atoms with Gasteiger partial charge in [0.25, 0.3) is 0 Å². The Kier molecular flexibility index (Phi) is 34.5. The lowest BCUT2D eigenvalue weighted by atomic mass is 9.98. The summed E-state index contributed by atoms with van der Waals surface area (Å²) in [5.74, 6) is -1.06. The second-order valence-electron chi connectivity index (χ2n) is 16.5. The summed E-state index contributed by atoms with van der Waals surface area (Å²) in [5.41, 5.74) is 0. The molecule has 68 heavy (non-hydrogen) atoms. The van der Waals surface area contributed by atoms with E-state index in [-0.39, 0.29) is 19.4 Å². The molecule has 0 aromatic rings. The third-order valence-corrected chi connectivity index (χ3v) is 10.7. The molecule has 15 heteroatoms. The number of aliphatic hydroxyl groups excluding tert-OH is 7. The van der Waals surface area contributed by atoms with E-state index in [0.29, 0.717) is 19.3 Å². The van der Waals surface area contributed by atoms with Gasteiger partial charge in [0.15, 0.2) is 18.7 Å². The van der Waals surface area contributed by atoms with E-state index in [2.05, 4.69) is 111 Å². The van der Waals surface area contributed by atoms with Crippen LogP contribution in [0.25, 0.3) is 0 Å². The van der Waals surface area contributed by atoms with Crippen molar-refractivity contribution in [3.05, 3.63) is 109 Å². The zero-order valence-electron chi connectivity index (χ0n) is 40.3. The van der Waals surface area contributed by atoms with E-state index >= 15 is 0 Å². The number of aliphatic hydroxyl groups is 7. The van der Waals surface area contributed by atoms with Crippen LogP contribution in [0.3, 0.4) is 0 Å². The molecule has 2 saturated heterocycles. The third kappa shape index (κ3) is 26.8. The summed E-state index contributed by atoms with van der Waals surface area (Å²) in [5, 5.41) is 72.0. The number of hydrogen-bond donors (Lipinski definition) is 7. The minimum absolute atomic E-state index is 0.0933. The molecule has 0 bridgehead atoms. The molecule has 0 aliphatic carbocycles. The van der Waals surface area contributed by atoms with Gasteiger partial charge in [-0.1, -0.05) is 123 Å². The molecular weight excluding hydrogens is 877 g/mol. The lowest BCUT2D eigenvalue weighted by Gasteiger charge is -2.42. The van der Waals surface area contributed by atoms with Gasteiger partial charge >= 0.3 is 11.9 Å². The molecule has 11 unspecified atom stereocenters. The highest BCUT2D eigenvalue weighted by molar-refractivity contribution is 5.70. The van der Waals surface area contributed by atoms with E-state index < -0.39 is 99.3 Å². The lowest BCUT2D eigenvalue weighted by molar-refractivity contribution is -0.332. The summed E-state index contributed by atoms with van der Waals surface area (Å²) in [4.78, 5) is 25.7. The van der Waals surface area contributed by atoms with E-state index in [0.717, 1.165) is 70.6 Å². The molecule has 384 valence electrons. The summed E-state index contributed by atoms with van der Waals surface area (Å²) in [7, 11) is 0. The number of esters is 2. The zero-order chi connectivity index (χ0) is 49.6. The molecule has 11 atom stereocenters. The summed E-state index contributed by atoms with van der Waals surface area (Å²) >= 11 is 0. The van der Waals surface area contributed by atoms with E-state index in [1.165, 1.54) is 0 Å². The molecular formula is C53H82O15. The normalized spacial score (nSPS) is 26.7. The molecule has 0 aromatic heterocycles. The molecule has 2 fully saturated rings. The molecule has 0 saturated carbocycles. The van der Waals surface area contributed by atoms with Crippen LogP contribution in [0.1, 0.15) is 117 Å². The number of carbonyl (C=O) groups excluding carboxylic acids is 2. The van der Waals surface area contributed by atoms with Gasteiger partial charge in [0.2, 0.25) is 0 Å². The van der Waals surface area contributed by atoms with Crippen molar-refractivity contribution in [3.8, 4) is 0 Å². The molecule has 0 aromatic carbocycles. The van der Waals surface area contributed by atoms with Crippen molar-refractivity contribution in [2.45, 2.75) is 184 Å². The van der Waals surface area contributed by atoms with Gasteiger partial charge in [-0.25, -0.2) is 0 Å². The minimum atomic E-state index is -1.79. The fraction of sp³-hybridized carbons (Fsp3) is 0.623. The van der Waals surface area contributed by atoms with E-state index in [4.69, 9.17) is 28.4 Å². The van der Waals surface area contributed by atoms with Crippen LogP contribution in [0.5, 0.6) is 0 Å². The van der Waals surface area contributed by atoms with Crippen LogP contribution in [0.2, 0.25) is 0 Å². The topological polar surface area (TPSA) is 231 Å². The molecule has 0 spiro atoms. The zero-order valence-corrected chi connectivity index (χ0v) is 40.3. The Labute approximate surface area is 404 Å². The summed E-state index contributed by atoms with van der Waals surface area (Å²) in [6, 6.07) is 0. The van der Waals surface area contributed by atoms with Crippen LogP contribution in [0.15, 0.2) is 109 Å². The number of allylic oxidation sites excluding steroid dienone is 18. The Morgan fingerprint density at radius 3 is 1.37 bits per heavy atom. The van der Waals surface area contributed by atoms with Gasteiger partial charge in [0.1, 0.15) is 55.4 Å². The highest BCUT2D eigenvalue weighted by Gasteiger charge is 2.47. The van der Waals surface area contributed by atoms with Crippen molar-refractivity contribution < 1.29 is 73.8 Å². The highest BCUT2D eigenvalue weighted by Crippen LogP contribution is 2.26. The average molecular weight is 959 g/mol. The third-order valence-electron chi connectivity index (χ3n) is 10.7. The SMILES string of the molecule is CCC=CCC=CCC=CCC=CCC=CCCCC(=O)OCC(COC1OC(COC2OC(CO)C(O)C(O)C2O)C(O)C(O)C1O)OC(=O)CCCCC=CCC=CCC=CCC=CCC. The van der Waals surface area contributed by atoms with Crippen molar-refractivity contribution in [1.82, 2.24) is 0 Å². The molecule has 2 heterocycles. The maximum atomic E-state index is 13.0. The number of hydrogen-bond acceptors (Lipinski definition) is 15.